The van der Waals surface area contributed by atoms with Crippen LogP contribution in [0.4, 0.5) is 0 Å². The molecule has 2 nitrogen and oxygen atoms in total. The maximum absolute atomic E-state index is 11.7. The second-order valence-corrected chi connectivity index (χ2v) is 4.68. The molecule has 1 aromatic carbocycles. The van der Waals surface area contributed by atoms with Crippen molar-refractivity contribution < 1.29 is 9.53 Å². The summed E-state index contributed by atoms with van der Waals surface area (Å²) in [4.78, 5) is 11.7. The number of methoxy groups -OCH3 is 1. The van der Waals surface area contributed by atoms with Crippen LogP contribution in [0.2, 0.25) is 0 Å². The normalized spacial score (nSPS) is 19.9. The van der Waals surface area contributed by atoms with Crippen LogP contribution in [0.15, 0.2) is 16.6 Å². The third kappa shape index (κ3) is 1.69. The van der Waals surface area contributed by atoms with Gasteiger partial charge in [-0.25, -0.2) is 0 Å². The summed E-state index contributed by atoms with van der Waals surface area (Å²) in [6.45, 7) is 1.95. The Morgan fingerprint density at radius 3 is 2.80 bits per heavy atom. The molecule has 1 unspecified atom stereocenters. The predicted molar refractivity (Wildman–Crippen MR) is 62.4 cm³/mol. The molecule has 0 aromatic heterocycles. The summed E-state index contributed by atoms with van der Waals surface area (Å²) in [6.07, 6.45) is 1.45. The summed E-state index contributed by atoms with van der Waals surface area (Å²) in [7, 11) is 1.65. The standard InChI is InChI=1S/C12H13BrO2/c1-7-10(14)5-3-8-9(13)4-6-11(15-2)12(7)8/h4,6-7H,3,5H2,1-2H3. The number of ether oxygens (including phenoxy) is 1. The second kappa shape index (κ2) is 3.97. The first kappa shape index (κ1) is 10.7. The number of hydrogen-bond acceptors (Lipinski definition) is 2. The highest BCUT2D eigenvalue weighted by Crippen LogP contribution is 2.39. The van der Waals surface area contributed by atoms with Crippen molar-refractivity contribution in [3.05, 3.63) is 27.7 Å². The van der Waals surface area contributed by atoms with Gasteiger partial charge in [-0.2, -0.15) is 0 Å². The molecule has 3 heteroatoms. The fourth-order valence-corrected chi connectivity index (χ4v) is 2.69. The molecular weight excluding hydrogens is 256 g/mol. The summed E-state index contributed by atoms with van der Waals surface area (Å²) < 4.78 is 6.39. The Morgan fingerprint density at radius 2 is 2.13 bits per heavy atom. The summed E-state index contributed by atoms with van der Waals surface area (Å²) >= 11 is 3.53. The average Bonchev–Trinajstić information content (AvgIpc) is 2.24. The second-order valence-electron chi connectivity index (χ2n) is 3.83. The summed E-state index contributed by atoms with van der Waals surface area (Å²) in [5.74, 6) is 1.09. The van der Waals surface area contributed by atoms with Gasteiger partial charge in [-0.15, -0.1) is 0 Å². The van der Waals surface area contributed by atoms with E-state index in [0.29, 0.717) is 12.2 Å². The van der Waals surface area contributed by atoms with Crippen molar-refractivity contribution in [1.82, 2.24) is 0 Å². The van der Waals surface area contributed by atoms with E-state index in [9.17, 15) is 4.79 Å². The van der Waals surface area contributed by atoms with Gasteiger partial charge in [-0.1, -0.05) is 22.9 Å². The van der Waals surface area contributed by atoms with E-state index >= 15 is 0 Å². The number of fused-ring (bicyclic) bond motifs is 1. The van der Waals surface area contributed by atoms with Gasteiger partial charge in [0, 0.05) is 22.4 Å². The molecule has 0 spiro atoms. The van der Waals surface area contributed by atoms with Crippen molar-refractivity contribution in [2.75, 3.05) is 7.11 Å². The van der Waals surface area contributed by atoms with Crippen LogP contribution in [0.5, 0.6) is 5.75 Å². The third-order valence-corrected chi connectivity index (χ3v) is 3.76. The van der Waals surface area contributed by atoms with Crippen molar-refractivity contribution in [1.29, 1.82) is 0 Å². The van der Waals surface area contributed by atoms with Crippen molar-refractivity contribution in [2.24, 2.45) is 0 Å². The summed E-state index contributed by atoms with van der Waals surface area (Å²) in [6, 6.07) is 3.90. The lowest BCUT2D eigenvalue weighted by molar-refractivity contribution is -0.120. The molecule has 15 heavy (non-hydrogen) atoms. The number of benzene rings is 1. The van der Waals surface area contributed by atoms with Gasteiger partial charge in [-0.05, 0) is 24.1 Å². The van der Waals surface area contributed by atoms with Gasteiger partial charge in [0.2, 0.25) is 0 Å². The summed E-state index contributed by atoms with van der Waals surface area (Å²) in [5, 5.41) is 0. The van der Waals surface area contributed by atoms with Crippen LogP contribution in [0.3, 0.4) is 0 Å². The smallest absolute Gasteiger partial charge is 0.140 e. The molecule has 0 heterocycles. The maximum Gasteiger partial charge on any atom is 0.140 e. The molecule has 2 rings (SSSR count). The van der Waals surface area contributed by atoms with E-state index < -0.39 is 0 Å². The van der Waals surface area contributed by atoms with E-state index in [1.807, 2.05) is 19.1 Å². The van der Waals surface area contributed by atoms with Gasteiger partial charge in [0.25, 0.3) is 0 Å². The van der Waals surface area contributed by atoms with Crippen LogP contribution in [-0.4, -0.2) is 12.9 Å². The molecule has 0 aliphatic heterocycles. The molecule has 1 atom stereocenters. The van der Waals surface area contributed by atoms with Crippen molar-refractivity contribution in [2.45, 2.75) is 25.7 Å². The van der Waals surface area contributed by atoms with E-state index in [1.54, 1.807) is 7.11 Å². The van der Waals surface area contributed by atoms with Gasteiger partial charge < -0.3 is 4.74 Å². The summed E-state index contributed by atoms with van der Waals surface area (Å²) in [5.41, 5.74) is 2.28. The molecule has 0 saturated carbocycles. The number of hydrogen-bond donors (Lipinski definition) is 0. The molecule has 0 radical (unpaired) electrons. The molecule has 1 aliphatic rings. The minimum Gasteiger partial charge on any atom is -0.496 e. The minimum absolute atomic E-state index is 0.0406. The Kier molecular flexibility index (Phi) is 2.83. The first-order valence-electron chi connectivity index (χ1n) is 5.03. The Balaban J connectivity index is 2.62. The lowest BCUT2D eigenvalue weighted by Crippen LogP contribution is -2.19. The highest BCUT2D eigenvalue weighted by molar-refractivity contribution is 9.10. The van der Waals surface area contributed by atoms with E-state index in [-0.39, 0.29) is 5.92 Å². The highest BCUT2D eigenvalue weighted by Gasteiger charge is 2.28. The molecule has 0 fully saturated rings. The van der Waals surface area contributed by atoms with Crippen LogP contribution in [0, 0.1) is 0 Å². The zero-order chi connectivity index (χ0) is 11.0. The first-order chi connectivity index (χ1) is 7.15. The van der Waals surface area contributed by atoms with E-state index in [2.05, 4.69) is 15.9 Å². The number of carbonyl (C=O) groups is 1. The van der Waals surface area contributed by atoms with E-state index in [4.69, 9.17) is 4.74 Å². The molecule has 0 amide bonds. The largest absolute Gasteiger partial charge is 0.496 e. The molecule has 0 N–H and O–H groups in total. The minimum atomic E-state index is -0.0406. The lowest BCUT2D eigenvalue weighted by Gasteiger charge is -2.24. The molecule has 0 bridgehead atoms. The molecule has 0 saturated heterocycles. The van der Waals surface area contributed by atoms with Crippen LogP contribution in [-0.2, 0) is 11.2 Å². The Hall–Kier alpha value is -0.830. The van der Waals surface area contributed by atoms with Gasteiger partial charge in [-0.3, -0.25) is 4.79 Å². The van der Waals surface area contributed by atoms with Crippen LogP contribution < -0.4 is 4.74 Å². The Morgan fingerprint density at radius 1 is 1.40 bits per heavy atom. The number of rotatable bonds is 1. The quantitative estimate of drug-likeness (QED) is 0.783. The maximum atomic E-state index is 11.7. The van der Waals surface area contributed by atoms with E-state index in [1.165, 1.54) is 5.56 Å². The Labute approximate surface area is 97.8 Å². The topological polar surface area (TPSA) is 26.3 Å². The van der Waals surface area contributed by atoms with Crippen molar-refractivity contribution in [3.63, 3.8) is 0 Å². The fraction of sp³-hybridized carbons (Fsp3) is 0.417. The number of carbonyl (C=O) groups excluding carboxylic acids is 1. The van der Waals surface area contributed by atoms with Gasteiger partial charge in [0.05, 0.1) is 7.11 Å². The highest BCUT2D eigenvalue weighted by atomic mass is 79.9. The van der Waals surface area contributed by atoms with Crippen LogP contribution in [0.25, 0.3) is 0 Å². The SMILES string of the molecule is COc1ccc(Br)c2c1C(C)C(=O)CC2. The van der Waals surface area contributed by atoms with Crippen molar-refractivity contribution in [3.8, 4) is 5.75 Å². The van der Waals surface area contributed by atoms with Crippen LogP contribution >= 0.6 is 15.9 Å². The number of ketones is 1. The zero-order valence-corrected chi connectivity index (χ0v) is 10.4. The van der Waals surface area contributed by atoms with E-state index in [0.717, 1.165) is 22.2 Å². The lowest BCUT2D eigenvalue weighted by atomic mass is 9.82. The predicted octanol–water partition coefficient (Wildman–Crippen LogP) is 3.08. The molecule has 1 aromatic rings. The first-order valence-corrected chi connectivity index (χ1v) is 5.82. The average molecular weight is 269 g/mol. The van der Waals surface area contributed by atoms with Crippen molar-refractivity contribution >= 4 is 21.7 Å². The third-order valence-electron chi connectivity index (χ3n) is 3.02. The number of halogens is 1. The van der Waals surface area contributed by atoms with Gasteiger partial charge in [0.1, 0.15) is 11.5 Å². The molecular formula is C12H13BrO2. The molecule has 80 valence electrons. The zero-order valence-electron chi connectivity index (χ0n) is 8.84. The van der Waals surface area contributed by atoms with Crippen LogP contribution in [0.1, 0.15) is 30.4 Å². The molecule has 1 aliphatic carbocycles. The van der Waals surface area contributed by atoms with Gasteiger partial charge in [0.15, 0.2) is 0 Å². The monoisotopic (exact) mass is 268 g/mol. The Bertz CT molecular complexity index is 412. The van der Waals surface area contributed by atoms with Gasteiger partial charge >= 0.3 is 0 Å². The number of Topliss-reactive ketones (excluding diaryl/α,β-unsaturated/α-hetero) is 1. The fourth-order valence-electron chi connectivity index (χ4n) is 2.15.